The highest BCUT2D eigenvalue weighted by Crippen LogP contribution is 2.23. The van der Waals surface area contributed by atoms with Crippen LogP contribution in [-0.4, -0.2) is 32.1 Å². The number of benzene rings is 1. The Labute approximate surface area is 146 Å². The Hall–Kier alpha value is -0.780. The maximum atomic E-state index is 11.8. The molecule has 0 saturated carbocycles. The molecule has 124 valence electrons. The van der Waals surface area contributed by atoms with E-state index in [2.05, 4.69) is 26.6 Å². The van der Waals surface area contributed by atoms with Crippen molar-refractivity contribution in [3.8, 4) is 5.75 Å². The van der Waals surface area contributed by atoms with Crippen molar-refractivity contribution >= 4 is 34.2 Å². The molecule has 1 heterocycles. The largest absolute Gasteiger partial charge is 0.492 e. The fraction of sp³-hybridized carbons (Fsp3) is 0.562. The predicted octanol–water partition coefficient (Wildman–Crippen LogP) is 3.15. The summed E-state index contributed by atoms with van der Waals surface area (Å²) in [6.45, 7) is 3.47. The van der Waals surface area contributed by atoms with Crippen LogP contribution >= 0.6 is 28.3 Å². The maximum Gasteiger partial charge on any atom is 0.220 e. The van der Waals surface area contributed by atoms with Crippen molar-refractivity contribution in [2.24, 2.45) is 5.92 Å². The van der Waals surface area contributed by atoms with E-state index >= 15 is 0 Å². The van der Waals surface area contributed by atoms with Crippen LogP contribution < -0.4 is 15.4 Å². The van der Waals surface area contributed by atoms with Crippen LogP contribution in [0.25, 0.3) is 0 Å². The number of carbonyl (C=O) groups is 1. The summed E-state index contributed by atoms with van der Waals surface area (Å²) in [6, 6.07) is 7.75. The van der Waals surface area contributed by atoms with Crippen molar-refractivity contribution in [1.82, 2.24) is 10.6 Å². The molecule has 2 rings (SSSR count). The van der Waals surface area contributed by atoms with Gasteiger partial charge in [-0.3, -0.25) is 4.79 Å². The minimum atomic E-state index is 0. The molecule has 1 fully saturated rings. The van der Waals surface area contributed by atoms with Gasteiger partial charge < -0.3 is 15.4 Å². The van der Waals surface area contributed by atoms with Gasteiger partial charge in [0.1, 0.15) is 5.75 Å². The van der Waals surface area contributed by atoms with Crippen LogP contribution in [-0.2, 0) is 4.79 Å². The van der Waals surface area contributed by atoms with Gasteiger partial charge in [-0.1, -0.05) is 12.1 Å². The molecule has 1 saturated heterocycles. The van der Waals surface area contributed by atoms with E-state index in [9.17, 15) is 4.79 Å². The first-order chi connectivity index (χ1) is 10.3. The first kappa shape index (κ1) is 19.3. The lowest BCUT2D eigenvalue weighted by atomic mass is 10.00. The lowest BCUT2D eigenvalue weighted by Gasteiger charge is -2.22. The number of nitrogens with one attached hydrogen (secondary N) is 2. The molecular formula is C16H24BrClN2O2. The van der Waals surface area contributed by atoms with Crippen molar-refractivity contribution in [3.05, 3.63) is 28.7 Å². The van der Waals surface area contributed by atoms with Crippen LogP contribution in [0, 0.1) is 5.92 Å². The molecule has 0 radical (unpaired) electrons. The van der Waals surface area contributed by atoms with Crippen molar-refractivity contribution in [3.63, 3.8) is 0 Å². The van der Waals surface area contributed by atoms with Gasteiger partial charge in [0.05, 0.1) is 11.1 Å². The van der Waals surface area contributed by atoms with E-state index < -0.39 is 0 Å². The van der Waals surface area contributed by atoms with Gasteiger partial charge in [-0.15, -0.1) is 12.4 Å². The first-order valence-corrected chi connectivity index (χ1v) is 8.40. The number of ether oxygens (including phenoxy) is 1. The molecule has 1 unspecified atom stereocenters. The summed E-state index contributed by atoms with van der Waals surface area (Å²) in [5, 5.41) is 6.38. The third kappa shape index (κ3) is 6.99. The van der Waals surface area contributed by atoms with Crippen LogP contribution in [0.3, 0.4) is 0 Å². The van der Waals surface area contributed by atoms with Crippen molar-refractivity contribution in [1.29, 1.82) is 0 Å². The number of piperidine rings is 1. The summed E-state index contributed by atoms with van der Waals surface area (Å²) in [5.41, 5.74) is 0. The van der Waals surface area contributed by atoms with E-state index in [1.165, 1.54) is 12.8 Å². The zero-order valence-corrected chi connectivity index (χ0v) is 15.0. The number of para-hydroxylation sites is 1. The van der Waals surface area contributed by atoms with E-state index in [4.69, 9.17) is 4.74 Å². The highest BCUT2D eigenvalue weighted by atomic mass is 79.9. The highest BCUT2D eigenvalue weighted by molar-refractivity contribution is 9.10. The van der Waals surface area contributed by atoms with Gasteiger partial charge in [0, 0.05) is 13.0 Å². The average molecular weight is 392 g/mol. The predicted molar refractivity (Wildman–Crippen MR) is 94.7 cm³/mol. The van der Waals surface area contributed by atoms with Crippen LogP contribution in [0.1, 0.15) is 25.7 Å². The molecule has 1 atom stereocenters. The fourth-order valence-electron chi connectivity index (χ4n) is 2.42. The molecule has 1 aromatic carbocycles. The van der Waals surface area contributed by atoms with Gasteiger partial charge in [0.15, 0.2) is 0 Å². The van der Waals surface area contributed by atoms with Crippen molar-refractivity contribution in [2.75, 3.05) is 26.2 Å². The Morgan fingerprint density at radius 1 is 1.41 bits per heavy atom. The Morgan fingerprint density at radius 3 is 2.95 bits per heavy atom. The Morgan fingerprint density at radius 2 is 2.23 bits per heavy atom. The minimum absolute atomic E-state index is 0. The van der Waals surface area contributed by atoms with E-state index in [0.29, 0.717) is 18.9 Å². The van der Waals surface area contributed by atoms with Gasteiger partial charge >= 0.3 is 0 Å². The van der Waals surface area contributed by atoms with Gasteiger partial charge in [-0.2, -0.15) is 0 Å². The number of amides is 1. The molecule has 1 amide bonds. The molecule has 0 spiro atoms. The standard InChI is InChI=1S/C16H23BrN2O2.ClH/c17-14-6-1-2-7-15(14)21-10-4-8-16(20)19-12-13-5-3-9-18-11-13;/h1-2,6-7,13,18H,3-5,8-12H2,(H,19,20);1H. The Bertz CT molecular complexity index is 454. The summed E-state index contributed by atoms with van der Waals surface area (Å²) in [6.07, 6.45) is 3.67. The van der Waals surface area contributed by atoms with Gasteiger partial charge in [-0.05, 0) is 66.3 Å². The second-order valence-corrected chi connectivity index (χ2v) is 6.25. The summed E-state index contributed by atoms with van der Waals surface area (Å²) in [5.74, 6) is 1.53. The molecule has 22 heavy (non-hydrogen) atoms. The van der Waals surface area contributed by atoms with E-state index in [1.54, 1.807) is 0 Å². The third-order valence-electron chi connectivity index (χ3n) is 3.63. The third-order valence-corrected chi connectivity index (χ3v) is 4.28. The lowest BCUT2D eigenvalue weighted by Crippen LogP contribution is -2.38. The molecule has 0 aliphatic carbocycles. The molecule has 2 N–H and O–H groups in total. The van der Waals surface area contributed by atoms with Crippen molar-refractivity contribution < 1.29 is 9.53 Å². The molecule has 4 nitrogen and oxygen atoms in total. The van der Waals surface area contributed by atoms with Crippen LogP contribution in [0.5, 0.6) is 5.75 Å². The van der Waals surface area contributed by atoms with Crippen LogP contribution in [0.15, 0.2) is 28.7 Å². The van der Waals surface area contributed by atoms with E-state index in [-0.39, 0.29) is 18.3 Å². The zero-order chi connectivity index (χ0) is 14.9. The number of hydrogen-bond donors (Lipinski definition) is 2. The normalized spacial score (nSPS) is 17.4. The monoisotopic (exact) mass is 390 g/mol. The topological polar surface area (TPSA) is 50.4 Å². The Balaban J connectivity index is 0.00000242. The van der Waals surface area contributed by atoms with Crippen LogP contribution in [0.2, 0.25) is 0 Å². The summed E-state index contributed by atoms with van der Waals surface area (Å²) >= 11 is 3.44. The van der Waals surface area contributed by atoms with Gasteiger partial charge in [0.2, 0.25) is 5.91 Å². The molecule has 1 aliphatic heterocycles. The molecule has 6 heteroatoms. The van der Waals surface area contributed by atoms with Gasteiger partial charge in [-0.25, -0.2) is 0 Å². The van der Waals surface area contributed by atoms with Gasteiger partial charge in [0.25, 0.3) is 0 Å². The number of rotatable bonds is 7. The lowest BCUT2D eigenvalue weighted by molar-refractivity contribution is -0.121. The smallest absolute Gasteiger partial charge is 0.220 e. The zero-order valence-electron chi connectivity index (χ0n) is 12.6. The number of carbonyl (C=O) groups excluding carboxylic acids is 1. The highest BCUT2D eigenvalue weighted by Gasteiger charge is 2.13. The van der Waals surface area contributed by atoms with E-state index in [0.717, 1.165) is 36.3 Å². The number of hydrogen-bond acceptors (Lipinski definition) is 3. The summed E-state index contributed by atoms with van der Waals surface area (Å²) < 4.78 is 6.59. The minimum Gasteiger partial charge on any atom is -0.492 e. The Kier molecular flexibility index (Phi) is 9.52. The molecular weight excluding hydrogens is 368 g/mol. The SMILES string of the molecule is Cl.O=C(CCCOc1ccccc1Br)NCC1CCCNC1. The molecule has 1 aliphatic rings. The maximum absolute atomic E-state index is 11.8. The quantitative estimate of drug-likeness (QED) is 0.702. The number of halogens is 2. The average Bonchev–Trinajstić information content (AvgIpc) is 2.52. The van der Waals surface area contributed by atoms with Crippen LogP contribution in [0.4, 0.5) is 0 Å². The second-order valence-electron chi connectivity index (χ2n) is 5.40. The summed E-state index contributed by atoms with van der Waals surface area (Å²) in [7, 11) is 0. The summed E-state index contributed by atoms with van der Waals surface area (Å²) in [4.78, 5) is 11.8. The molecule has 0 aromatic heterocycles. The van der Waals surface area contributed by atoms with Crippen molar-refractivity contribution in [2.45, 2.75) is 25.7 Å². The molecule has 0 bridgehead atoms. The fourth-order valence-corrected chi connectivity index (χ4v) is 2.82. The molecule has 1 aromatic rings. The first-order valence-electron chi connectivity index (χ1n) is 7.60. The second kappa shape index (κ2) is 10.9. The van der Waals surface area contributed by atoms with E-state index in [1.807, 2.05) is 24.3 Å².